The summed E-state index contributed by atoms with van der Waals surface area (Å²) in [4.78, 5) is 14.6. The Kier molecular flexibility index (Phi) is 6.40. The Morgan fingerprint density at radius 1 is 1.32 bits per heavy atom. The predicted molar refractivity (Wildman–Crippen MR) is 111 cm³/mol. The molecule has 31 heavy (non-hydrogen) atoms. The SMILES string of the molecule is C/C=C1\C(=C/C2=CC(C)(F)C2(O)C(F)(F)F)CCCCN1C(=O)Cc1cccc(Cl)c1. The van der Waals surface area contributed by atoms with E-state index in [2.05, 4.69) is 0 Å². The van der Waals surface area contributed by atoms with Gasteiger partial charge >= 0.3 is 6.18 Å². The molecule has 0 bridgehead atoms. The molecule has 2 aliphatic rings. The minimum absolute atomic E-state index is 0.0862. The molecule has 8 heteroatoms. The van der Waals surface area contributed by atoms with Crippen molar-refractivity contribution in [2.75, 3.05) is 6.54 Å². The van der Waals surface area contributed by atoms with Gasteiger partial charge in [0.25, 0.3) is 0 Å². The number of likely N-dealkylation sites (tertiary alicyclic amines) is 1. The van der Waals surface area contributed by atoms with Crippen LogP contribution in [0.25, 0.3) is 0 Å². The lowest BCUT2D eigenvalue weighted by atomic mass is 9.67. The third-order valence-corrected chi connectivity index (χ3v) is 6.04. The summed E-state index contributed by atoms with van der Waals surface area (Å²) in [6.45, 7) is 2.81. The molecule has 0 saturated carbocycles. The smallest absolute Gasteiger partial charge is 0.374 e. The third kappa shape index (κ3) is 4.30. The van der Waals surface area contributed by atoms with E-state index >= 15 is 0 Å². The van der Waals surface area contributed by atoms with Gasteiger partial charge in [-0.1, -0.05) is 35.9 Å². The van der Waals surface area contributed by atoms with Crippen LogP contribution in [0.5, 0.6) is 0 Å². The van der Waals surface area contributed by atoms with Crippen LogP contribution in [0.2, 0.25) is 5.02 Å². The van der Waals surface area contributed by atoms with Crippen molar-refractivity contribution in [3.63, 3.8) is 0 Å². The number of nitrogens with zero attached hydrogens (tertiary/aromatic N) is 1. The highest BCUT2D eigenvalue weighted by Crippen LogP contribution is 2.54. The summed E-state index contributed by atoms with van der Waals surface area (Å²) in [6.07, 6.45) is 0.263. The minimum Gasteiger partial charge on any atom is -0.374 e. The molecule has 0 aromatic heterocycles. The number of carbonyl (C=O) groups excluding carboxylic acids is 1. The number of rotatable bonds is 3. The average molecular weight is 458 g/mol. The number of benzene rings is 1. The van der Waals surface area contributed by atoms with E-state index in [0.717, 1.165) is 11.6 Å². The molecule has 1 aliphatic carbocycles. The van der Waals surface area contributed by atoms with Crippen molar-refractivity contribution in [3.8, 4) is 0 Å². The monoisotopic (exact) mass is 457 g/mol. The molecule has 2 atom stereocenters. The van der Waals surface area contributed by atoms with Gasteiger partial charge in [-0.3, -0.25) is 4.79 Å². The van der Waals surface area contributed by atoms with Crippen molar-refractivity contribution >= 4 is 17.5 Å². The van der Waals surface area contributed by atoms with E-state index in [1.807, 2.05) is 0 Å². The number of hydrogen-bond donors (Lipinski definition) is 1. The molecule has 1 amide bonds. The second kappa shape index (κ2) is 8.43. The van der Waals surface area contributed by atoms with Crippen LogP contribution in [-0.4, -0.2) is 39.9 Å². The van der Waals surface area contributed by atoms with Crippen LogP contribution in [0.4, 0.5) is 17.6 Å². The molecule has 2 unspecified atom stereocenters. The highest BCUT2D eigenvalue weighted by molar-refractivity contribution is 6.30. The van der Waals surface area contributed by atoms with E-state index in [1.54, 1.807) is 42.2 Å². The quantitative estimate of drug-likeness (QED) is 0.593. The molecule has 1 aliphatic heterocycles. The Morgan fingerprint density at radius 3 is 2.61 bits per heavy atom. The van der Waals surface area contributed by atoms with E-state index < -0.39 is 23.0 Å². The van der Waals surface area contributed by atoms with Crippen LogP contribution >= 0.6 is 11.6 Å². The van der Waals surface area contributed by atoms with Gasteiger partial charge in [0.05, 0.1) is 6.42 Å². The first-order chi connectivity index (χ1) is 14.4. The molecule has 3 rings (SSSR count). The van der Waals surface area contributed by atoms with Crippen molar-refractivity contribution in [2.45, 2.75) is 57.0 Å². The van der Waals surface area contributed by atoms with Gasteiger partial charge in [0.1, 0.15) is 0 Å². The van der Waals surface area contributed by atoms with Gasteiger partial charge in [-0.25, -0.2) is 4.39 Å². The molecule has 0 spiro atoms. The number of allylic oxidation sites excluding steroid dienone is 2. The highest BCUT2D eigenvalue weighted by Gasteiger charge is 2.71. The summed E-state index contributed by atoms with van der Waals surface area (Å²) < 4.78 is 54.7. The van der Waals surface area contributed by atoms with Gasteiger partial charge in [0, 0.05) is 17.3 Å². The van der Waals surface area contributed by atoms with E-state index in [1.165, 1.54) is 6.08 Å². The van der Waals surface area contributed by atoms with Gasteiger partial charge in [-0.15, -0.1) is 0 Å². The fourth-order valence-electron chi connectivity index (χ4n) is 4.15. The highest BCUT2D eigenvalue weighted by atomic mass is 35.5. The minimum atomic E-state index is -5.17. The van der Waals surface area contributed by atoms with Gasteiger partial charge in [0.2, 0.25) is 11.5 Å². The topological polar surface area (TPSA) is 40.5 Å². The van der Waals surface area contributed by atoms with Crippen molar-refractivity contribution in [1.29, 1.82) is 0 Å². The summed E-state index contributed by atoms with van der Waals surface area (Å²) >= 11 is 5.99. The van der Waals surface area contributed by atoms with Crippen LogP contribution in [0.3, 0.4) is 0 Å². The fraction of sp³-hybridized carbons (Fsp3) is 0.435. The summed E-state index contributed by atoms with van der Waals surface area (Å²) in [5.74, 6) is -0.216. The van der Waals surface area contributed by atoms with Gasteiger partial charge < -0.3 is 10.0 Å². The maximum atomic E-state index is 14.3. The van der Waals surface area contributed by atoms with Crippen LogP contribution in [0.1, 0.15) is 38.7 Å². The second-order valence-corrected chi connectivity index (χ2v) is 8.47. The Labute approximate surface area is 183 Å². The number of aliphatic hydroxyl groups is 1. The molecular weight excluding hydrogens is 434 g/mol. The van der Waals surface area contributed by atoms with Crippen molar-refractivity contribution in [2.24, 2.45) is 0 Å². The van der Waals surface area contributed by atoms with Crippen molar-refractivity contribution in [1.82, 2.24) is 4.90 Å². The van der Waals surface area contributed by atoms with E-state index in [0.29, 0.717) is 49.0 Å². The summed E-state index contributed by atoms with van der Waals surface area (Å²) in [5, 5.41) is 10.7. The fourth-order valence-corrected chi connectivity index (χ4v) is 4.36. The Hall–Kier alpha value is -2.12. The van der Waals surface area contributed by atoms with E-state index in [4.69, 9.17) is 11.6 Å². The first-order valence-corrected chi connectivity index (χ1v) is 10.4. The second-order valence-electron chi connectivity index (χ2n) is 8.04. The summed E-state index contributed by atoms with van der Waals surface area (Å²) in [5.41, 5.74) is -5.37. The number of alkyl halides is 4. The number of halogens is 5. The predicted octanol–water partition coefficient (Wildman–Crippen LogP) is 5.69. The molecule has 1 aromatic rings. The normalized spacial score (nSPS) is 29.5. The first-order valence-electron chi connectivity index (χ1n) is 10.0. The zero-order valence-electron chi connectivity index (χ0n) is 17.3. The lowest BCUT2D eigenvalue weighted by Crippen LogP contribution is -2.65. The number of hydrogen-bond acceptors (Lipinski definition) is 2. The Bertz CT molecular complexity index is 965. The van der Waals surface area contributed by atoms with Gasteiger partial charge in [-0.05, 0) is 68.0 Å². The molecular formula is C23H24ClF4NO2. The largest absolute Gasteiger partial charge is 0.424 e. The van der Waals surface area contributed by atoms with Crippen LogP contribution in [0, 0.1) is 0 Å². The van der Waals surface area contributed by atoms with Crippen LogP contribution < -0.4 is 0 Å². The van der Waals surface area contributed by atoms with E-state index in [9.17, 15) is 27.5 Å². The summed E-state index contributed by atoms with van der Waals surface area (Å²) in [7, 11) is 0. The average Bonchev–Trinajstić information content (AvgIpc) is 2.88. The molecule has 0 radical (unpaired) electrons. The van der Waals surface area contributed by atoms with Crippen LogP contribution in [0.15, 0.2) is 59.3 Å². The number of carbonyl (C=O) groups is 1. The molecule has 1 aromatic carbocycles. The zero-order valence-corrected chi connectivity index (χ0v) is 18.0. The first kappa shape index (κ1) is 23.5. The lowest BCUT2D eigenvalue weighted by molar-refractivity contribution is -0.285. The third-order valence-electron chi connectivity index (χ3n) is 5.81. The standard InChI is InChI=1S/C23H24ClF4NO2/c1-3-19-16(13-17-14-21(2,25)22(17,31)23(26,27)28)8-4-5-10-29(19)20(30)12-15-7-6-9-18(24)11-15/h3,6-7,9,11,13-14,31H,4-5,8,10,12H2,1-2H3/b16-13-,19-3+. The summed E-state index contributed by atoms with van der Waals surface area (Å²) in [6, 6.07) is 6.91. The van der Waals surface area contributed by atoms with Gasteiger partial charge in [-0.2, -0.15) is 13.2 Å². The lowest BCUT2D eigenvalue weighted by Gasteiger charge is -2.47. The van der Waals surface area contributed by atoms with Crippen molar-refractivity contribution < 1.29 is 27.5 Å². The Morgan fingerprint density at radius 2 is 2.03 bits per heavy atom. The number of amides is 1. The molecule has 1 heterocycles. The molecule has 3 nitrogen and oxygen atoms in total. The van der Waals surface area contributed by atoms with E-state index in [-0.39, 0.29) is 12.3 Å². The molecule has 168 valence electrons. The molecule has 1 fully saturated rings. The van der Waals surface area contributed by atoms with Gasteiger partial charge in [0.15, 0.2) is 5.67 Å². The Balaban J connectivity index is 1.92. The maximum Gasteiger partial charge on any atom is 0.424 e. The zero-order chi connectivity index (χ0) is 23.0. The van der Waals surface area contributed by atoms with Crippen molar-refractivity contribution in [3.05, 3.63) is 69.9 Å². The molecule has 1 N–H and O–H groups in total. The van der Waals surface area contributed by atoms with Crippen LogP contribution in [-0.2, 0) is 11.2 Å². The molecule has 1 saturated heterocycles. The maximum absolute atomic E-state index is 14.3.